The summed E-state index contributed by atoms with van der Waals surface area (Å²) < 4.78 is 0. The molecule has 0 radical (unpaired) electrons. The first-order valence-corrected chi connectivity index (χ1v) is 8.41. The number of nitrogens with one attached hydrogen (secondary N) is 1. The van der Waals surface area contributed by atoms with E-state index in [1.54, 1.807) is 6.20 Å². The SMILES string of the molecule is C=C(Nc1ccccn1)N1c2nc(C3=CN=C3C)ccc2N2CCC21. The van der Waals surface area contributed by atoms with Gasteiger partial charge in [-0.2, -0.15) is 0 Å². The molecule has 0 aromatic carbocycles. The number of nitrogens with zero attached hydrogens (tertiary/aromatic N) is 5. The van der Waals surface area contributed by atoms with Gasteiger partial charge < -0.3 is 10.2 Å². The average Bonchev–Trinajstić information content (AvgIpc) is 2.80. The highest BCUT2D eigenvalue weighted by Gasteiger charge is 2.44. The zero-order chi connectivity index (χ0) is 17.0. The van der Waals surface area contributed by atoms with Crippen molar-refractivity contribution >= 4 is 28.6 Å². The Kier molecular flexibility index (Phi) is 2.94. The molecule has 124 valence electrons. The summed E-state index contributed by atoms with van der Waals surface area (Å²) in [5, 5.41) is 3.31. The predicted molar refractivity (Wildman–Crippen MR) is 101 cm³/mol. The van der Waals surface area contributed by atoms with E-state index in [0.29, 0.717) is 0 Å². The van der Waals surface area contributed by atoms with Crippen LogP contribution in [-0.4, -0.2) is 28.4 Å². The molecule has 1 unspecified atom stereocenters. The summed E-state index contributed by atoms with van der Waals surface area (Å²) in [6.45, 7) is 7.30. The van der Waals surface area contributed by atoms with Crippen molar-refractivity contribution in [2.75, 3.05) is 21.7 Å². The number of fused-ring (bicyclic) bond motifs is 3. The van der Waals surface area contributed by atoms with Crippen molar-refractivity contribution < 1.29 is 0 Å². The minimum Gasteiger partial charge on any atom is -0.348 e. The number of aliphatic imine (C=N–C) groups is 1. The van der Waals surface area contributed by atoms with Gasteiger partial charge in [0.1, 0.15) is 17.8 Å². The molecule has 1 saturated heterocycles. The molecule has 6 heteroatoms. The zero-order valence-corrected chi connectivity index (χ0v) is 14.0. The molecule has 5 heterocycles. The normalized spacial score (nSPS) is 20.0. The van der Waals surface area contributed by atoms with Crippen LogP contribution in [0, 0.1) is 0 Å². The molecule has 1 N–H and O–H groups in total. The Balaban J connectivity index is 1.49. The number of anilines is 3. The first-order valence-electron chi connectivity index (χ1n) is 8.41. The maximum absolute atomic E-state index is 4.92. The zero-order valence-electron chi connectivity index (χ0n) is 14.0. The first-order chi connectivity index (χ1) is 12.2. The van der Waals surface area contributed by atoms with Crippen LogP contribution in [0.4, 0.5) is 17.3 Å². The molecule has 0 aliphatic carbocycles. The molecule has 0 bridgehead atoms. The van der Waals surface area contributed by atoms with Crippen LogP contribution in [0.5, 0.6) is 0 Å². The summed E-state index contributed by atoms with van der Waals surface area (Å²) in [5.74, 6) is 2.53. The number of rotatable bonds is 4. The van der Waals surface area contributed by atoms with Crippen LogP contribution in [0.1, 0.15) is 19.0 Å². The molecular weight excluding hydrogens is 312 g/mol. The molecule has 3 aliphatic rings. The lowest BCUT2D eigenvalue weighted by Crippen LogP contribution is -2.53. The van der Waals surface area contributed by atoms with Gasteiger partial charge in [-0.1, -0.05) is 12.6 Å². The second-order valence-corrected chi connectivity index (χ2v) is 6.42. The van der Waals surface area contributed by atoms with E-state index in [1.165, 1.54) is 5.69 Å². The van der Waals surface area contributed by atoms with Gasteiger partial charge >= 0.3 is 0 Å². The van der Waals surface area contributed by atoms with Crippen LogP contribution in [0.3, 0.4) is 0 Å². The lowest BCUT2D eigenvalue weighted by molar-refractivity contribution is 0.468. The van der Waals surface area contributed by atoms with Crippen molar-refractivity contribution in [3.8, 4) is 0 Å². The molecule has 5 rings (SSSR count). The Morgan fingerprint density at radius 2 is 2.20 bits per heavy atom. The van der Waals surface area contributed by atoms with Crippen molar-refractivity contribution in [2.45, 2.75) is 19.5 Å². The van der Waals surface area contributed by atoms with E-state index in [-0.39, 0.29) is 6.17 Å². The van der Waals surface area contributed by atoms with Gasteiger partial charge in [-0.15, -0.1) is 0 Å². The van der Waals surface area contributed by atoms with E-state index in [9.17, 15) is 0 Å². The Morgan fingerprint density at radius 1 is 1.28 bits per heavy atom. The van der Waals surface area contributed by atoms with Crippen molar-refractivity contribution in [2.24, 2.45) is 4.99 Å². The quantitative estimate of drug-likeness (QED) is 0.933. The molecule has 0 saturated carbocycles. The van der Waals surface area contributed by atoms with Gasteiger partial charge in [0.25, 0.3) is 0 Å². The van der Waals surface area contributed by atoms with Crippen molar-refractivity contribution in [3.63, 3.8) is 0 Å². The standard InChI is InChI=1S/C19H18N6/c1-12-14(11-21-12)15-6-7-16-19(23-15)25(18-8-10-24(16)18)13(2)22-17-5-3-4-9-20-17/h3-7,9,11,18H,2,8,10H2,1H3,(H,20,22). The summed E-state index contributed by atoms with van der Waals surface area (Å²) in [6, 6.07) is 10.0. The van der Waals surface area contributed by atoms with Gasteiger partial charge in [0, 0.05) is 36.6 Å². The fraction of sp³-hybridized carbons (Fsp3) is 0.211. The van der Waals surface area contributed by atoms with E-state index in [0.717, 1.165) is 47.4 Å². The van der Waals surface area contributed by atoms with Gasteiger partial charge in [0.15, 0.2) is 5.82 Å². The molecule has 0 spiro atoms. The maximum atomic E-state index is 4.92. The second-order valence-electron chi connectivity index (χ2n) is 6.42. The van der Waals surface area contributed by atoms with Gasteiger partial charge in [-0.05, 0) is 31.2 Å². The smallest absolute Gasteiger partial charge is 0.160 e. The largest absolute Gasteiger partial charge is 0.348 e. The number of allylic oxidation sites excluding steroid dienone is 1. The Labute approximate surface area is 146 Å². The van der Waals surface area contributed by atoms with Crippen molar-refractivity contribution in [3.05, 3.63) is 60.8 Å². The Hall–Kier alpha value is -3.15. The van der Waals surface area contributed by atoms with E-state index in [1.807, 2.05) is 31.3 Å². The lowest BCUT2D eigenvalue weighted by atomic mass is 10.0. The van der Waals surface area contributed by atoms with Gasteiger partial charge in [-0.25, -0.2) is 9.97 Å². The van der Waals surface area contributed by atoms with Gasteiger partial charge in [-0.3, -0.25) is 9.89 Å². The number of aromatic nitrogens is 2. The highest BCUT2D eigenvalue weighted by Crippen LogP contribution is 2.46. The van der Waals surface area contributed by atoms with Crippen LogP contribution >= 0.6 is 0 Å². The van der Waals surface area contributed by atoms with Crippen molar-refractivity contribution in [1.29, 1.82) is 0 Å². The Morgan fingerprint density at radius 3 is 2.84 bits per heavy atom. The van der Waals surface area contributed by atoms with Crippen LogP contribution < -0.4 is 15.1 Å². The van der Waals surface area contributed by atoms with Gasteiger partial charge in [0.05, 0.1) is 11.4 Å². The summed E-state index contributed by atoms with van der Waals surface area (Å²) >= 11 is 0. The molecule has 1 fully saturated rings. The molecule has 0 amide bonds. The second kappa shape index (κ2) is 5.17. The number of hydrogen-bond acceptors (Lipinski definition) is 6. The van der Waals surface area contributed by atoms with Crippen LogP contribution in [0.25, 0.3) is 5.57 Å². The summed E-state index contributed by atoms with van der Waals surface area (Å²) in [4.78, 5) is 18.0. The van der Waals surface area contributed by atoms with E-state index >= 15 is 0 Å². The summed E-state index contributed by atoms with van der Waals surface area (Å²) in [5.41, 5.74) is 4.27. The fourth-order valence-electron chi connectivity index (χ4n) is 3.52. The third-order valence-electron chi connectivity index (χ3n) is 4.96. The van der Waals surface area contributed by atoms with E-state index in [4.69, 9.17) is 4.98 Å². The van der Waals surface area contributed by atoms with E-state index in [2.05, 4.69) is 43.8 Å². The molecule has 6 nitrogen and oxygen atoms in total. The molecular formula is C19H18N6. The van der Waals surface area contributed by atoms with Gasteiger partial charge in [0.2, 0.25) is 0 Å². The highest BCUT2D eigenvalue weighted by atomic mass is 15.5. The van der Waals surface area contributed by atoms with Crippen LogP contribution in [0.2, 0.25) is 0 Å². The fourth-order valence-corrected chi connectivity index (χ4v) is 3.52. The molecule has 2 aromatic heterocycles. The van der Waals surface area contributed by atoms with E-state index < -0.39 is 0 Å². The molecule has 25 heavy (non-hydrogen) atoms. The lowest BCUT2D eigenvalue weighted by Gasteiger charge is -2.41. The molecule has 3 aliphatic heterocycles. The van der Waals surface area contributed by atoms with Crippen molar-refractivity contribution in [1.82, 2.24) is 9.97 Å². The third kappa shape index (κ3) is 2.07. The third-order valence-corrected chi connectivity index (χ3v) is 4.96. The van der Waals surface area contributed by atoms with Crippen LogP contribution in [0.15, 0.2) is 60.1 Å². The Bertz CT molecular complexity index is 930. The molecule has 2 aromatic rings. The summed E-state index contributed by atoms with van der Waals surface area (Å²) in [6.07, 6.45) is 5.02. The minimum atomic E-state index is 0.284. The monoisotopic (exact) mass is 330 g/mol. The predicted octanol–water partition coefficient (Wildman–Crippen LogP) is 3.23. The molecule has 1 atom stereocenters. The minimum absolute atomic E-state index is 0.284. The topological polar surface area (TPSA) is 56.7 Å². The number of hydrogen-bond donors (Lipinski definition) is 1. The first kappa shape index (κ1) is 14.2. The average molecular weight is 330 g/mol. The summed E-state index contributed by atoms with van der Waals surface area (Å²) in [7, 11) is 0. The highest BCUT2D eigenvalue weighted by molar-refractivity contribution is 6.26. The van der Waals surface area contributed by atoms with Crippen LogP contribution in [-0.2, 0) is 0 Å². The number of pyridine rings is 2. The maximum Gasteiger partial charge on any atom is 0.160 e.